The van der Waals surface area contributed by atoms with Crippen LogP contribution in [-0.2, 0) is 4.79 Å². The maximum absolute atomic E-state index is 11.4. The lowest BCUT2D eigenvalue weighted by Gasteiger charge is -2.10. The minimum absolute atomic E-state index is 0.0723. The number of aryl methyl sites for hydroxylation is 1. The molecule has 0 fully saturated rings. The van der Waals surface area contributed by atoms with Crippen molar-refractivity contribution in [2.24, 2.45) is 0 Å². The molecule has 16 heavy (non-hydrogen) atoms. The number of hydrogen-bond donors (Lipinski definition) is 2. The molecule has 6 heteroatoms. The van der Waals surface area contributed by atoms with Gasteiger partial charge in [0.2, 0.25) is 11.0 Å². The van der Waals surface area contributed by atoms with Gasteiger partial charge in [-0.2, -0.15) is 0 Å². The molecule has 5 nitrogen and oxygen atoms in total. The van der Waals surface area contributed by atoms with Crippen LogP contribution in [-0.4, -0.2) is 28.7 Å². The number of carbonyl (C=O) groups excluding carboxylic acids is 1. The molecule has 90 valence electrons. The highest BCUT2D eigenvalue weighted by atomic mass is 32.1. The van der Waals surface area contributed by atoms with E-state index >= 15 is 0 Å². The van der Waals surface area contributed by atoms with Gasteiger partial charge < -0.3 is 10.6 Å². The summed E-state index contributed by atoms with van der Waals surface area (Å²) in [5.41, 5.74) is 0. The van der Waals surface area contributed by atoms with Gasteiger partial charge in [-0.15, -0.1) is 10.2 Å². The van der Waals surface area contributed by atoms with Crippen molar-refractivity contribution in [1.82, 2.24) is 15.5 Å². The topological polar surface area (TPSA) is 66.9 Å². The van der Waals surface area contributed by atoms with Crippen LogP contribution in [0.3, 0.4) is 0 Å². The summed E-state index contributed by atoms with van der Waals surface area (Å²) in [6.45, 7) is 6.54. The standard InChI is InChI=1S/C10H18N4OS/c1-4-7(2)12-9(15)5-6-11-10-14-13-8(3)16-10/h7H,4-6H2,1-3H3,(H,11,14)(H,12,15). The molecule has 0 radical (unpaired) electrons. The minimum atomic E-state index is 0.0723. The highest BCUT2D eigenvalue weighted by Crippen LogP contribution is 2.12. The highest BCUT2D eigenvalue weighted by molar-refractivity contribution is 7.15. The summed E-state index contributed by atoms with van der Waals surface area (Å²) in [4.78, 5) is 11.4. The van der Waals surface area contributed by atoms with Gasteiger partial charge in [-0.25, -0.2) is 0 Å². The first kappa shape index (κ1) is 12.9. The fourth-order valence-electron chi connectivity index (χ4n) is 1.10. The molecule has 1 aromatic rings. The number of anilines is 1. The fraction of sp³-hybridized carbons (Fsp3) is 0.700. The van der Waals surface area contributed by atoms with Crippen molar-refractivity contribution < 1.29 is 4.79 Å². The second kappa shape index (κ2) is 6.42. The van der Waals surface area contributed by atoms with Crippen LogP contribution in [0.4, 0.5) is 5.13 Å². The van der Waals surface area contributed by atoms with Gasteiger partial charge in [0.05, 0.1) is 0 Å². The van der Waals surface area contributed by atoms with Gasteiger partial charge in [0, 0.05) is 19.0 Å². The number of carbonyl (C=O) groups is 1. The van der Waals surface area contributed by atoms with Crippen molar-refractivity contribution in [3.05, 3.63) is 5.01 Å². The Morgan fingerprint density at radius 2 is 2.25 bits per heavy atom. The molecule has 1 rings (SSSR count). The zero-order valence-corrected chi connectivity index (χ0v) is 10.7. The van der Waals surface area contributed by atoms with E-state index in [-0.39, 0.29) is 11.9 Å². The molecule has 0 saturated carbocycles. The second-order valence-corrected chi connectivity index (χ2v) is 4.86. The lowest BCUT2D eigenvalue weighted by atomic mass is 10.2. The van der Waals surface area contributed by atoms with Crippen molar-refractivity contribution in [3.8, 4) is 0 Å². The molecule has 0 aromatic carbocycles. The Morgan fingerprint density at radius 3 is 2.81 bits per heavy atom. The summed E-state index contributed by atoms with van der Waals surface area (Å²) in [5.74, 6) is 0.0723. The quantitative estimate of drug-likeness (QED) is 0.794. The van der Waals surface area contributed by atoms with Crippen molar-refractivity contribution in [2.75, 3.05) is 11.9 Å². The summed E-state index contributed by atoms with van der Waals surface area (Å²) in [6, 6.07) is 0.247. The smallest absolute Gasteiger partial charge is 0.221 e. The van der Waals surface area contributed by atoms with Crippen molar-refractivity contribution in [2.45, 2.75) is 39.7 Å². The first-order valence-electron chi connectivity index (χ1n) is 5.45. The molecular weight excluding hydrogens is 224 g/mol. The zero-order valence-electron chi connectivity index (χ0n) is 9.91. The molecule has 0 bridgehead atoms. The molecule has 1 amide bonds. The van der Waals surface area contributed by atoms with Crippen LogP contribution >= 0.6 is 11.3 Å². The van der Waals surface area contributed by atoms with Gasteiger partial charge >= 0.3 is 0 Å². The summed E-state index contributed by atoms with van der Waals surface area (Å²) in [7, 11) is 0. The van der Waals surface area contributed by atoms with Gasteiger partial charge in [-0.3, -0.25) is 4.79 Å². The molecule has 0 aliphatic heterocycles. The van der Waals surface area contributed by atoms with Crippen LogP contribution in [0.1, 0.15) is 31.7 Å². The van der Waals surface area contributed by atoms with Crippen molar-refractivity contribution >= 4 is 22.4 Å². The Labute approximate surface area is 99.7 Å². The van der Waals surface area contributed by atoms with E-state index in [1.54, 1.807) is 0 Å². The number of hydrogen-bond acceptors (Lipinski definition) is 5. The minimum Gasteiger partial charge on any atom is -0.360 e. The normalized spacial score (nSPS) is 12.2. The monoisotopic (exact) mass is 242 g/mol. The van der Waals surface area contributed by atoms with E-state index in [0.29, 0.717) is 13.0 Å². The van der Waals surface area contributed by atoms with E-state index < -0.39 is 0 Å². The maximum atomic E-state index is 11.4. The Bertz CT molecular complexity index is 339. The average molecular weight is 242 g/mol. The van der Waals surface area contributed by atoms with Crippen molar-refractivity contribution in [3.63, 3.8) is 0 Å². The lowest BCUT2D eigenvalue weighted by molar-refractivity contribution is -0.121. The van der Waals surface area contributed by atoms with E-state index in [1.165, 1.54) is 11.3 Å². The van der Waals surface area contributed by atoms with Crippen LogP contribution in [0.2, 0.25) is 0 Å². The van der Waals surface area contributed by atoms with Gasteiger partial charge in [-0.1, -0.05) is 18.3 Å². The highest BCUT2D eigenvalue weighted by Gasteiger charge is 2.05. The number of nitrogens with one attached hydrogen (secondary N) is 2. The van der Waals surface area contributed by atoms with Gasteiger partial charge in [0.1, 0.15) is 5.01 Å². The largest absolute Gasteiger partial charge is 0.360 e. The van der Waals surface area contributed by atoms with Crippen LogP contribution in [0.15, 0.2) is 0 Å². The average Bonchev–Trinajstić information content (AvgIpc) is 2.64. The van der Waals surface area contributed by atoms with E-state index in [9.17, 15) is 4.79 Å². The lowest BCUT2D eigenvalue weighted by Crippen LogP contribution is -2.32. The Kier molecular flexibility index (Phi) is 5.18. The molecule has 1 heterocycles. The summed E-state index contributed by atoms with van der Waals surface area (Å²) >= 11 is 1.49. The summed E-state index contributed by atoms with van der Waals surface area (Å²) in [5, 5.41) is 15.5. The van der Waals surface area contributed by atoms with E-state index in [1.807, 2.05) is 20.8 Å². The van der Waals surface area contributed by atoms with E-state index in [4.69, 9.17) is 0 Å². The molecule has 2 N–H and O–H groups in total. The molecule has 0 spiro atoms. The van der Waals surface area contributed by atoms with Crippen LogP contribution in [0, 0.1) is 6.92 Å². The molecule has 0 aliphatic carbocycles. The molecule has 1 atom stereocenters. The third-order valence-electron chi connectivity index (χ3n) is 2.17. The third-order valence-corrected chi connectivity index (χ3v) is 2.97. The van der Waals surface area contributed by atoms with Crippen molar-refractivity contribution in [1.29, 1.82) is 0 Å². The third kappa shape index (κ3) is 4.57. The second-order valence-electron chi connectivity index (χ2n) is 3.68. The zero-order chi connectivity index (χ0) is 12.0. The first-order chi connectivity index (χ1) is 7.61. The van der Waals surface area contributed by atoms with E-state index in [2.05, 4.69) is 20.8 Å². The van der Waals surface area contributed by atoms with Crippen LogP contribution < -0.4 is 10.6 Å². The Hall–Kier alpha value is -1.17. The predicted octanol–water partition coefficient (Wildman–Crippen LogP) is 1.56. The fourth-order valence-corrected chi connectivity index (χ4v) is 1.72. The maximum Gasteiger partial charge on any atom is 0.221 e. The number of rotatable bonds is 6. The van der Waals surface area contributed by atoms with Gasteiger partial charge in [-0.05, 0) is 20.3 Å². The predicted molar refractivity (Wildman–Crippen MR) is 65.6 cm³/mol. The van der Waals surface area contributed by atoms with E-state index in [0.717, 1.165) is 16.6 Å². The summed E-state index contributed by atoms with van der Waals surface area (Å²) < 4.78 is 0. The van der Waals surface area contributed by atoms with Crippen LogP contribution in [0.25, 0.3) is 0 Å². The SMILES string of the molecule is CCC(C)NC(=O)CCNc1nnc(C)s1. The van der Waals surface area contributed by atoms with Gasteiger partial charge in [0.25, 0.3) is 0 Å². The molecule has 0 aliphatic rings. The molecule has 1 aromatic heterocycles. The molecule has 1 unspecified atom stereocenters. The molecule has 0 saturated heterocycles. The Morgan fingerprint density at radius 1 is 1.50 bits per heavy atom. The Balaban J connectivity index is 2.18. The van der Waals surface area contributed by atoms with Crippen LogP contribution in [0.5, 0.6) is 0 Å². The number of amides is 1. The number of aromatic nitrogens is 2. The number of nitrogens with zero attached hydrogens (tertiary/aromatic N) is 2. The first-order valence-corrected chi connectivity index (χ1v) is 6.26. The summed E-state index contributed by atoms with van der Waals surface area (Å²) in [6.07, 6.45) is 1.41. The molecular formula is C10H18N4OS. The van der Waals surface area contributed by atoms with Gasteiger partial charge in [0.15, 0.2) is 0 Å².